The minimum absolute atomic E-state index is 0.0475. The van der Waals surface area contributed by atoms with Crippen LogP contribution in [0.25, 0.3) is 11.1 Å². The molecule has 0 radical (unpaired) electrons. The molecular formula is C22H22ClF3O3. The van der Waals surface area contributed by atoms with Crippen LogP contribution in [0.2, 0.25) is 5.02 Å². The summed E-state index contributed by atoms with van der Waals surface area (Å²) in [4.78, 5) is 11.8. The molecular weight excluding hydrogens is 405 g/mol. The highest BCUT2D eigenvalue weighted by atomic mass is 35.5. The molecule has 1 aliphatic carbocycles. The van der Waals surface area contributed by atoms with Gasteiger partial charge in [-0.05, 0) is 41.9 Å². The Kier molecular flexibility index (Phi) is 6.13. The number of hydrogen-bond donors (Lipinski definition) is 1. The van der Waals surface area contributed by atoms with Crippen molar-refractivity contribution in [3.8, 4) is 16.9 Å². The van der Waals surface area contributed by atoms with E-state index in [1.807, 2.05) is 0 Å². The van der Waals surface area contributed by atoms with E-state index in [0.29, 0.717) is 17.0 Å². The third kappa shape index (κ3) is 4.69. The highest BCUT2D eigenvalue weighted by Crippen LogP contribution is 2.50. The Labute approximate surface area is 172 Å². The highest BCUT2D eigenvalue weighted by Gasteiger charge is 2.42. The number of benzene rings is 2. The molecule has 7 heteroatoms. The molecule has 2 aromatic carbocycles. The predicted octanol–water partition coefficient (Wildman–Crippen LogP) is 6.64. The molecule has 156 valence electrons. The van der Waals surface area contributed by atoms with Crippen LogP contribution in [0, 0.1) is 11.8 Å². The lowest BCUT2D eigenvalue weighted by Crippen LogP contribution is -2.23. The number of hydrogen-bond acceptors (Lipinski definition) is 2. The fourth-order valence-corrected chi connectivity index (χ4v) is 3.79. The fourth-order valence-electron chi connectivity index (χ4n) is 3.42. The van der Waals surface area contributed by atoms with Gasteiger partial charge in [-0.15, -0.1) is 0 Å². The van der Waals surface area contributed by atoms with Crippen molar-refractivity contribution >= 4 is 17.6 Å². The van der Waals surface area contributed by atoms with E-state index in [9.17, 15) is 23.1 Å². The quantitative estimate of drug-likeness (QED) is 0.539. The molecule has 2 aromatic rings. The summed E-state index contributed by atoms with van der Waals surface area (Å²) in [5.41, 5.74) is -0.498. The molecule has 0 bridgehead atoms. The second kappa shape index (κ2) is 8.27. The van der Waals surface area contributed by atoms with Crippen LogP contribution in [0.5, 0.6) is 5.75 Å². The Morgan fingerprint density at radius 3 is 2.34 bits per heavy atom. The van der Waals surface area contributed by atoms with Gasteiger partial charge in [0.2, 0.25) is 0 Å². The average molecular weight is 427 g/mol. The molecule has 1 saturated carbocycles. The zero-order valence-electron chi connectivity index (χ0n) is 16.1. The second-order valence-corrected chi connectivity index (χ2v) is 8.09. The Morgan fingerprint density at radius 1 is 1.24 bits per heavy atom. The van der Waals surface area contributed by atoms with Crippen molar-refractivity contribution in [1.82, 2.24) is 0 Å². The first-order valence-electron chi connectivity index (χ1n) is 9.45. The van der Waals surface area contributed by atoms with Gasteiger partial charge in [-0.2, -0.15) is 13.2 Å². The normalized spacial score (nSPS) is 15.4. The van der Waals surface area contributed by atoms with E-state index in [0.717, 1.165) is 12.8 Å². The zero-order valence-corrected chi connectivity index (χ0v) is 16.8. The molecule has 1 aliphatic rings. The van der Waals surface area contributed by atoms with Gasteiger partial charge in [0, 0.05) is 5.56 Å². The molecule has 3 nitrogen and oxygen atoms in total. The first-order chi connectivity index (χ1) is 13.6. The number of carboxylic acid groups (broad SMARTS) is 1. The summed E-state index contributed by atoms with van der Waals surface area (Å²) in [5.74, 6) is -2.98. The van der Waals surface area contributed by atoms with E-state index in [4.69, 9.17) is 16.3 Å². The molecule has 0 heterocycles. The molecule has 29 heavy (non-hydrogen) atoms. The predicted molar refractivity (Wildman–Crippen MR) is 105 cm³/mol. The minimum Gasteiger partial charge on any atom is -0.491 e. The van der Waals surface area contributed by atoms with E-state index in [-0.39, 0.29) is 17.9 Å². The summed E-state index contributed by atoms with van der Waals surface area (Å²) in [6, 6.07) is 10.0. The highest BCUT2D eigenvalue weighted by molar-refractivity contribution is 6.33. The van der Waals surface area contributed by atoms with Gasteiger partial charge in [-0.3, -0.25) is 4.79 Å². The van der Waals surface area contributed by atoms with Crippen molar-refractivity contribution in [2.24, 2.45) is 11.8 Å². The van der Waals surface area contributed by atoms with Crippen molar-refractivity contribution in [2.75, 3.05) is 6.61 Å². The van der Waals surface area contributed by atoms with E-state index >= 15 is 0 Å². The lowest BCUT2D eigenvalue weighted by atomic mass is 9.83. The summed E-state index contributed by atoms with van der Waals surface area (Å²) in [6.07, 6.45) is -2.88. The van der Waals surface area contributed by atoms with Crippen LogP contribution >= 0.6 is 11.6 Å². The molecule has 0 saturated heterocycles. The van der Waals surface area contributed by atoms with Crippen LogP contribution in [0.4, 0.5) is 13.2 Å². The third-order valence-corrected chi connectivity index (χ3v) is 5.41. The Bertz CT molecular complexity index is 890. The first kappa shape index (κ1) is 21.5. The minimum atomic E-state index is -4.82. The molecule has 0 aromatic heterocycles. The summed E-state index contributed by atoms with van der Waals surface area (Å²) < 4.78 is 47.7. The molecule has 0 amide bonds. The fraction of sp³-hybridized carbons (Fsp3) is 0.409. The Balaban J connectivity index is 2.29. The molecule has 1 atom stereocenters. The van der Waals surface area contributed by atoms with Gasteiger partial charge in [-0.25, -0.2) is 0 Å². The van der Waals surface area contributed by atoms with Crippen molar-refractivity contribution < 1.29 is 27.8 Å². The maximum absolute atomic E-state index is 14.0. The maximum atomic E-state index is 14.0. The van der Waals surface area contributed by atoms with Gasteiger partial charge in [0.15, 0.2) is 0 Å². The Morgan fingerprint density at radius 2 is 1.86 bits per heavy atom. The van der Waals surface area contributed by atoms with Crippen molar-refractivity contribution in [1.29, 1.82) is 0 Å². The number of halogens is 4. The second-order valence-electron chi connectivity index (χ2n) is 7.71. The number of aliphatic carboxylic acids is 1. The van der Waals surface area contributed by atoms with Crippen LogP contribution in [0.3, 0.4) is 0 Å². The van der Waals surface area contributed by atoms with Crippen LogP contribution in [-0.2, 0) is 11.0 Å². The standard InChI is InChI=1S/C22H22ClF3O3/c1-12(2)17(21(27)28)16-10-15(14-6-4-3-5-7-14)20(29-11-13-8-9-13)19(23)18(16)22(24,25)26/h3-7,10,12-13,17H,8-9,11H2,1-2H3,(H,27,28). The molecule has 0 spiro atoms. The Hall–Kier alpha value is -2.21. The number of carboxylic acids is 1. The number of carbonyl (C=O) groups is 1. The summed E-state index contributed by atoms with van der Waals surface area (Å²) in [5, 5.41) is 9.07. The first-order valence-corrected chi connectivity index (χ1v) is 9.83. The van der Waals surface area contributed by atoms with Gasteiger partial charge >= 0.3 is 12.1 Å². The summed E-state index contributed by atoms with van der Waals surface area (Å²) in [7, 11) is 0. The summed E-state index contributed by atoms with van der Waals surface area (Å²) >= 11 is 6.27. The largest absolute Gasteiger partial charge is 0.491 e. The molecule has 0 aliphatic heterocycles. The van der Waals surface area contributed by atoms with Crippen molar-refractivity contribution in [3.63, 3.8) is 0 Å². The smallest absolute Gasteiger partial charge is 0.418 e. The van der Waals surface area contributed by atoms with Gasteiger partial charge in [0.25, 0.3) is 0 Å². The molecule has 1 N–H and O–H groups in total. The van der Waals surface area contributed by atoms with Gasteiger partial charge < -0.3 is 9.84 Å². The SMILES string of the molecule is CC(C)C(C(=O)O)c1cc(-c2ccccc2)c(OCC2CC2)c(Cl)c1C(F)(F)F. The topological polar surface area (TPSA) is 46.5 Å². The monoisotopic (exact) mass is 426 g/mol. The molecule has 1 fully saturated rings. The van der Waals surface area contributed by atoms with Crippen LogP contribution in [0.15, 0.2) is 36.4 Å². The van der Waals surface area contributed by atoms with Crippen molar-refractivity contribution in [3.05, 3.63) is 52.5 Å². The molecule has 3 rings (SSSR count). The zero-order chi connectivity index (χ0) is 21.3. The summed E-state index contributed by atoms with van der Waals surface area (Å²) in [6.45, 7) is 3.43. The van der Waals surface area contributed by atoms with E-state index < -0.39 is 34.6 Å². The van der Waals surface area contributed by atoms with Gasteiger partial charge in [-0.1, -0.05) is 55.8 Å². The van der Waals surface area contributed by atoms with Gasteiger partial charge in [0.1, 0.15) is 5.75 Å². The van der Waals surface area contributed by atoms with Crippen LogP contribution in [0.1, 0.15) is 43.7 Å². The number of rotatable bonds is 7. The number of ether oxygens (including phenoxy) is 1. The van der Waals surface area contributed by atoms with E-state index in [1.54, 1.807) is 44.2 Å². The van der Waals surface area contributed by atoms with Gasteiger partial charge in [0.05, 0.1) is 23.1 Å². The third-order valence-electron chi connectivity index (χ3n) is 5.05. The maximum Gasteiger partial charge on any atom is 0.418 e. The van der Waals surface area contributed by atoms with Crippen LogP contribution < -0.4 is 4.74 Å². The molecule has 1 unspecified atom stereocenters. The van der Waals surface area contributed by atoms with Crippen LogP contribution in [-0.4, -0.2) is 17.7 Å². The van der Waals surface area contributed by atoms with Crippen molar-refractivity contribution in [2.45, 2.75) is 38.8 Å². The average Bonchev–Trinajstić information content (AvgIpc) is 3.44. The van der Waals surface area contributed by atoms with E-state index in [2.05, 4.69) is 0 Å². The number of alkyl halides is 3. The lowest BCUT2D eigenvalue weighted by molar-refractivity contribution is -0.142. The lowest BCUT2D eigenvalue weighted by Gasteiger charge is -2.25. The van der Waals surface area contributed by atoms with E-state index in [1.165, 1.54) is 6.07 Å².